The van der Waals surface area contributed by atoms with Gasteiger partial charge in [0, 0.05) is 31.4 Å². The molecule has 10 heteroatoms. The highest BCUT2D eigenvalue weighted by Gasteiger charge is 2.34. The van der Waals surface area contributed by atoms with Gasteiger partial charge in [-0.25, -0.2) is 9.37 Å². The van der Waals surface area contributed by atoms with E-state index in [0.717, 1.165) is 11.6 Å². The van der Waals surface area contributed by atoms with Gasteiger partial charge in [-0.3, -0.25) is 4.79 Å². The predicted molar refractivity (Wildman–Crippen MR) is 114 cm³/mol. The van der Waals surface area contributed by atoms with Crippen LogP contribution < -0.4 is 15.5 Å². The molecule has 0 radical (unpaired) electrons. The number of alkyl halides is 3. The molecule has 168 valence electrons. The number of carbonyl (C=O) groups is 1. The summed E-state index contributed by atoms with van der Waals surface area (Å²) in [5, 5.41) is 5.59. The van der Waals surface area contributed by atoms with Gasteiger partial charge < -0.3 is 15.5 Å². The summed E-state index contributed by atoms with van der Waals surface area (Å²) >= 11 is 0. The molecule has 0 saturated carbocycles. The fourth-order valence-corrected chi connectivity index (χ4v) is 2.81. The zero-order valence-corrected chi connectivity index (χ0v) is 17.5. The Kier molecular flexibility index (Phi) is 6.61. The van der Waals surface area contributed by atoms with Gasteiger partial charge in [-0.2, -0.15) is 18.2 Å². The predicted octanol–water partition coefficient (Wildman–Crippen LogP) is 5.13. The maximum atomic E-state index is 13.2. The first-order chi connectivity index (χ1) is 15.0. The van der Waals surface area contributed by atoms with Crippen LogP contribution in [0.3, 0.4) is 0 Å². The van der Waals surface area contributed by atoms with E-state index in [1.54, 1.807) is 45.3 Å². The number of aromatic nitrogens is 2. The normalized spacial score (nSPS) is 12.2. The third-order valence-corrected chi connectivity index (χ3v) is 4.58. The molecule has 2 aromatic carbocycles. The second kappa shape index (κ2) is 9.21. The van der Waals surface area contributed by atoms with Gasteiger partial charge in [-0.05, 0) is 48.9 Å². The van der Waals surface area contributed by atoms with Crippen molar-refractivity contribution >= 4 is 23.4 Å². The van der Waals surface area contributed by atoms with Gasteiger partial charge >= 0.3 is 6.18 Å². The minimum absolute atomic E-state index is 0.126. The lowest BCUT2D eigenvalue weighted by Crippen LogP contribution is -2.18. The Morgan fingerprint density at radius 3 is 2.19 bits per heavy atom. The molecule has 2 N–H and O–H groups in total. The standard InChI is InChI=1S/C22H21F4N5O/c1-13(27-21-29-18(22(24,25)26)12-19(30-21)31(2)3)14-6-10-17(11-7-14)28-20(32)15-4-8-16(23)9-5-15/h4-13H,1-3H3,(H,28,32)(H,27,29,30). The molecule has 0 aliphatic carbocycles. The third kappa shape index (κ3) is 5.71. The van der Waals surface area contributed by atoms with E-state index in [0.29, 0.717) is 11.3 Å². The van der Waals surface area contributed by atoms with Gasteiger partial charge in [-0.1, -0.05) is 12.1 Å². The van der Waals surface area contributed by atoms with E-state index in [2.05, 4.69) is 20.6 Å². The van der Waals surface area contributed by atoms with Crippen molar-refractivity contribution in [2.75, 3.05) is 29.6 Å². The molecule has 1 aromatic heterocycles. The largest absolute Gasteiger partial charge is 0.433 e. The average Bonchev–Trinajstić information content (AvgIpc) is 2.73. The number of halogens is 4. The summed E-state index contributed by atoms with van der Waals surface area (Å²) < 4.78 is 52.5. The number of carbonyl (C=O) groups excluding carboxylic acids is 1. The minimum Gasteiger partial charge on any atom is -0.363 e. The summed E-state index contributed by atoms with van der Waals surface area (Å²) in [5.74, 6) is -0.849. The molecule has 0 aliphatic rings. The Morgan fingerprint density at radius 1 is 1.00 bits per heavy atom. The van der Waals surface area contributed by atoms with Crippen molar-refractivity contribution in [3.05, 3.63) is 77.2 Å². The first kappa shape index (κ1) is 23.0. The summed E-state index contributed by atoms with van der Waals surface area (Å²) in [4.78, 5) is 21.4. The average molecular weight is 447 g/mol. The minimum atomic E-state index is -4.60. The molecule has 3 aromatic rings. The number of nitrogens with zero attached hydrogens (tertiary/aromatic N) is 3. The summed E-state index contributed by atoms with van der Waals surface area (Å²) in [6.45, 7) is 1.76. The fraction of sp³-hybridized carbons (Fsp3) is 0.227. The summed E-state index contributed by atoms with van der Waals surface area (Å²) in [6, 6.07) is 12.4. The SMILES string of the molecule is CC(Nc1nc(N(C)C)cc(C(F)(F)F)n1)c1ccc(NC(=O)c2ccc(F)cc2)cc1. The molecule has 0 spiro atoms. The van der Waals surface area contributed by atoms with Crippen molar-refractivity contribution in [1.82, 2.24) is 9.97 Å². The van der Waals surface area contributed by atoms with Crippen molar-refractivity contribution < 1.29 is 22.4 Å². The highest BCUT2D eigenvalue weighted by Crippen LogP contribution is 2.31. The van der Waals surface area contributed by atoms with Crippen LogP contribution in [-0.4, -0.2) is 30.0 Å². The van der Waals surface area contributed by atoms with Gasteiger partial charge in [0.1, 0.15) is 11.6 Å². The van der Waals surface area contributed by atoms with Crippen LogP contribution in [0.25, 0.3) is 0 Å². The van der Waals surface area contributed by atoms with E-state index < -0.39 is 29.6 Å². The first-order valence-corrected chi connectivity index (χ1v) is 9.60. The molecule has 1 unspecified atom stereocenters. The molecule has 0 fully saturated rings. The second-order valence-corrected chi connectivity index (χ2v) is 7.28. The van der Waals surface area contributed by atoms with Crippen LogP contribution in [0.4, 0.5) is 35.0 Å². The molecule has 0 bridgehead atoms. The number of amides is 1. The monoisotopic (exact) mass is 447 g/mol. The van der Waals surface area contributed by atoms with Crippen molar-refractivity contribution in [1.29, 1.82) is 0 Å². The maximum absolute atomic E-state index is 13.2. The lowest BCUT2D eigenvalue weighted by atomic mass is 10.1. The van der Waals surface area contributed by atoms with Crippen LogP contribution in [0.1, 0.15) is 34.6 Å². The second-order valence-electron chi connectivity index (χ2n) is 7.28. The molecule has 1 heterocycles. The van der Waals surface area contributed by atoms with Crippen LogP contribution >= 0.6 is 0 Å². The Bertz CT molecular complexity index is 1080. The molecule has 32 heavy (non-hydrogen) atoms. The van der Waals surface area contributed by atoms with Gasteiger partial charge in [-0.15, -0.1) is 0 Å². The quantitative estimate of drug-likeness (QED) is 0.513. The van der Waals surface area contributed by atoms with E-state index in [1.165, 1.54) is 29.2 Å². The van der Waals surface area contributed by atoms with Crippen molar-refractivity contribution in [3.8, 4) is 0 Å². The molecule has 3 rings (SSSR count). The zero-order valence-electron chi connectivity index (χ0n) is 17.5. The van der Waals surface area contributed by atoms with Crippen molar-refractivity contribution in [2.24, 2.45) is 0 Å². The van der Waals surface area contributed by atoms with E-state index in [4.69, 9.17) is 0 Å². The molecule has 0 aliphatic heterocycles. The molecule has 1 atom stereocenters. The van der Waals surface area contributed by atoms with Crippen LogP contribution in [0.15, 0.2) is 54.6 Å². The number of hydrogen-bond acceptors (Lipinski definition) is 5. The van der Waals surface area contributed by atoms with Crippen molar-refractivity contribution in [3.63, 3.8) is 0 Å². The summed E-state index contributed by atoms with van der Waals surface area (Å²) in [5.41, 5.74) is 0.534. The highest BCUT2D eigenvalue weighted by atomic mass is 19.4. The van der Waals surface area contributed by atoms with Crippen LogP contribution in [0, 0.1) is 5.82 Å². The molecule has 6 nitrogen and oxygen atoms in total. The van der Waals surface area contributed by atoms with E-state index in [1.807, 2.05) is 0 Å². The van der Waals surface area contributed by atoms with E-state index >= 15 is 0 Å². The van der Waals surface area contributed by atoms with Crippen LogP contribution in [-0.2, 0) is 6.18 Å². The van der Waals surface area contributed by atoms with Gasteiger partial charge in [0.05, 0.1) is 6.04 Å². The number of nitrogens with one attached hydrogen (secondary N) is 2. The number of hydrogen-bond donors (Lipinski definition) is 2. The number of rotatable bonds is 6. The van der Waals surface area contributed by atoms with Crippen molar-refractivity contribution in [2.45, 2.75) is 19.1 Å². The molecule has 0 saturated heterocycles. The van der Waals surface area contributed by atoms with Gasteiger partial charge in [0.15, 0.2) is 5.69 Å². The Morgan fingerprint density at radius 2 is 1.62 bits per heavy atom. The van der Waals surface area contributed by atoms with Gasteiger partial charge in [0.25, 0.3) is 5.91 Å². The van der Waals surface area contributed by atoms with Crippen LogP contribution in [0.5, 0.6) is 0 Å². The summed E-state index contributed by atoms with van der Waals surface area (Å²) in [7, 11) is 3.18. The molecular weight excluding hydrogens is 426 g/mol. The molecule has 1 amide bonds. The van der Waals surface area contributed by atoms with E-state index in [9.17, 15) is 22.4 Å². The van der Waals surface area contributed by atoms with E-state index in [-0.39, 0.29) is 11.8 Å². The Hall–Kier alpha value is -3.69. The zero-order chi connectivity index (χ0) is 23.5. The third-order valence-electron chi connectivity index (χ3n) is 4.58. The van der Waals surface area contributed by atoms with Crippen LogP contribution in [0.2, 0.25) is 0 Å². The first-order valence-electron chi connectivity index (χ1n) is 9.60. The number of benzene rings is 2. The fourth-order valence-electron chi connectivity index (χ4n) is 2.81. The summed E-state index contributed by atoms with van der Waals surface area (Å²) in [6.07, 6.45) is -4.60. The lowest BCUT2D eigenvalue weighted by Gasteiger charge is -2.19. The number of anilines is 3. The lowest BCUT2D eigenvalue weighted by molar-refractivity contribution is -0.141. The Labute approximate surface area is 182 Å². The highest BCUT2D eigenvalue weighted by molar-refractivity contribution is 6.04. The van der Waals surface area contributed by atoms with Gasteiger partial charge in [0.2, 0.25) is 5.95 Å². The molecular formula is C22H21F4N5O. The Balaban J connectivity index is 1.72. The maximum Gasteiger partial charge on any atom is 0.433 e. The topological polar surface area (TPSA) is 70.2 Å². The smallest absolute Gasteiger partial charge is 0.363 e.